The number of nitrogens with zero attached hydrogens (tertiary/aromatic N) is 1. The standard InChI is InChI=1S/C21H27N3O4S/c1-24(2)23-20(26)18-15-8-6-5-7-9-17(15)29-21(18)22-19(25)14-11-10-13(27-3)12-16(14)28-4/h10-12H,5-9H2,1-4H3,(H,22,25)(H,23,26). The van der Waals surface area contributed by atoms with Gasteiger partial charge in [0.05, 0.1) is 25.3 Å². The molecule has 0 fully saturated rings. The summed E-state index contributed by atoms with van der Waals surface area (Å²) in [4.78, 5) is 27.1. The van der Waals surface area contributed by atoms with Crippen LogP contribution in [0.25, 0.3) is 0 Å². The normalized spacial score (nSPS) is 13.4. The van der Waals surface area contributed by atoms with Gasteiger partial charge in [-0.3, -0.25) is 15.0 Å². The minimum Gasteiger partial charge on any atom is -0.497 e. The minimum absolute atomic E-state index is 0.202. The number of benzene rings is 1. The Balaban J connectivity index is 1.96. The molecule has 0 atom stereocenters. The number of hydrogen-bond donors (Lipinski definition) is 2. The van der Waals surface area contributed by atoms with Gasteiger partial charge in [0, 0.05) is 25.0 Å². The summed E-state index contributed by atoms with van der Waals surface area (Å²) in [6, 6.07) is 5.03. The molecule has 1 aliphatic carbocycles. The number of anilines is 1. The van der Waals surface area contributed by atoms with E-state index >= 15 is 0 Å². The fraction of sp³-hybridized carbons (Fsp3) is 0.429. The van der Waals surface area contributed by atoms with E-state index in [0.29, 0.717) is 27.6 Å². The number of methoxy groups -OCH3 is 2. The summed E-state index contributed by atoms with van der Waals surface area (Å²) in [5, 5.41) is 5.15. The van der Waals surface area contributed by atoms with Crippen molar-refractivity contribution in [1.29, 1.82) is 0 Å². The fourth-order valence-electron chi connectivity index (χ4n) is 3.49. The predicted molar refractivity (Wildman–Crippen MR) is 114 cm³/mol. The van der Waals surface area contributed by atoms with Gasteiger partial charge in [-0.15, -0.1) is 11.3 Å². The average molecular weight is 418 g/mol. The van der Waals surface area contributed by atoms with E-state index < -0.39 is 0 Å². The van der Waals surface area contributed by atoms with Crippen LogP contribution in [0.3, 0.4) is 0 Å². The lowest BCUT2D eigenvalue weighted by molar-refractivity contribution is 0.0857. The number of fused-ring (bicyclic) bond motifs is 1. The van der Waals surface area contributed by atoms with Crippen LogP contribution in [0.2, 0.25) is 0 Å². The predicted octanol–water partition coefficient (Wildman–Crippen LogP) is 3.49. The summed E-state index contributed by atoms with van der Waals surface area (Å²) in [6.07, 6.45) is 5.09. The molecule has 0 radical (unpaired) electrons. The number of ether oxygens (including phenoxy) is 2. The first kappa shape index (κ1) is 21.1. The van der Waals surface area contributed by atoms with Gasteiger partial charge in [-0.1, -0.05) is 6.42 Å². The molecular formula is C21H27N3O4S. The largest absolute Gasteiger partial charge is 0.497 e. The Kier molecular flexibility index (Phi) is 6.76. The quantitative estimate of drug-likeness (QED) is 0.556. The molecule has 0 saturated heterocycles. The van der Waals surface area contributed by atoms with Gasteiger partial charge in [-0.25, -0.2) is 5.01 Å². The first-order valence-corrected chi connectivity index (χ1v) is 10.4. The summed E-state index contributed by atoms with van der Waals surface area (Å²) in [7, 11) is 6.60. The van der Waals surface area contributed by atoms with Gasteiger partial charge in [0.15, 0.2) is 0 Å². The third-order valence-corrected chi connectivity index (χ3v) is 6.06. The highest BCUT2D eigenvalue weighted by molar-refractivity contribution is 7.17. The first-order chi connectivity index (χ1) is 13.9. The second-order valence-electron chi connectivity index (χ2n) is 7.12. The third-order valence-electron chi connectivity index (χ3n) is 4.85. The van der Waals surface area contributed by atoms with E-state index in [1.165, 1.54) is 23.3 Å². The van der Waals surface area contributed by atoms with Crippen LogP contribution in [0.5, 0.6) is 11.5 Å². The number of nitrogens with one attached hydrogen (secondary N) is 2. The maximum atomic E-state index is 13.0. The van der Waals surface area contributed by atoms with Crippen molar-refractivity contribution in [3.63, 3.8) is 0 Å². The minimum atomic E-state index is -0.320. The summed E-state index contributed by atoms with van der Waals surface area (Å²) in [6.45, 7) is 0. The number of carbonyl (C=O) groups is 2. The highest BCUT2D eigenvalue weighted by Gasteiger charge is 2.27. The van der Waals surface area contributed by atoms with Crippen LogP contribution in [0.15, 0.2) is 18.2 Å². The van der Waals surface area contributed by atoms with Crippen molar-refractivity contribution in [1.82, 2.24) is 10.4 Å². The van der Waals surface area contributed by atoms with Crippen LogP contribution in [0, 0.1) is 0 Å². The summed E-state index contributed by atoms with van der Waals surface area (Å²) in [5.74, 6) is 0.498. The Hall–Kier alpha value is -2.58. The zero-order valence-corrected chi connectivity index (χ0v) is 18.1. The van der Waals surface area contributed by atoms with E-state index in [1.54, 1.807) is 44.4 Å². The molecule has 3 rings (SSSR count). The number of carbonyl (C=O) groups excluding carboxylic acids is 2. The van der Waals surface area contributed by atoms with Crippen molar-refractivity contribution < 1.29 is 19.1 Å². The molecule has 2 amide bonds. The molecule has 29 heavy (non-hydrogen) atoms. The molecule has 2 aromatic rings. The van der Waals surface area contributed by atoms with E-state index in [4.69, 9.17) is 9.47 Å². The summed E-state index contributed by atoms with van der Waals surface area (Å²) >= 11 is 1.50. The number of rotatable bonds is 6. The molecule has 7 nitrogen and oxygen atoms in total. The average Bonchev–Trinajstić information content (AvgIpc) is 2.87. The Morgan fingerprint density at radius 1 is 1.03 bits per heavy atom. The molecule has 1 heterocycles. The second kappa shape index (κ2) is 9.28. The van der Waals surface area contributed by atoms with Crippen molar-refractivity contribution in [2.45, 2.75) is 32.1 Å². The van der Waals surface area contributed by atoms with E-state index in [2.05, 4.69) is 10.7 Å². The zero-order chi connectivity index (χ0) is 21.0. The molecule has 156 valence electrons. The number of aryl methyl sites for hydroxylation is 1. The fourth-order valence-corrected chi connectivity index (χ4v) is 4.77. The van der Waals surface area contributed by atoms with Crippen molar-refractivity contribution >= 4 is 28.2 Å². The van der Waals surface area contributed by atoms with Crippen molar-refractivity contribution in [2.24, 2.45) is 0 Å². The van der Waals surface area contributed by atoms with Gasteiger partial charge in [-0.05, 0) is 43.4 Å². The molecule has 1 aromatic heterocycles. The Morgan fingerprint density at radius 2 is 1.79 bits per heavy atom. The lowest BCUT2D eigenvalue weighted by Gasteiger charge is -2.15. The van der Waals surface area contributed by atoms with Crippen LogP contribution in [0.4, 0.5) is 5.00 Å². The summed E-state index contributed by atoms with van der Waals surface area (Å²) in [5.41, 5.74) is 4.83. The highest BCUT2D eigenvalue weighted by Crippen LogP contribution is 2.38. The first-order valence-electron chi connectivity index (χ1n) is 9.60. The van der Waals surface area contributed by atoms with E-state index in [9.17, 15) is 9.59 Å². The molecule has 1 aliphatic rings. The molecule has 1 aromatic carbocycles. The third kappa shape index (κ3) is 4.71. The van der Waals surface area contributed by atoms with Gasteiger partial charge in [-0.2, -0.15) is 0 Å². The lowest BCUT2D eigenvalue weighted by atomic mass is 10.0. The van der Waals surface area contributed by atoms with Gasteiger partial charge in [0.2, 0.25) is 0 Å². The molecule has 0 bridgehead atoms. The van der Waals surface area contributed by atoms with Gasteiger partial charge < -0.3 is 14.8 Å². The highest BCUT2D eigenvalue weighted by atomic mass is 32.1. The molecule has 0 spiro atoms. The second-order valence-corrected chi connectivity index (χ2v) is 8.23. The maximum Gasteiger partial charge on any atom is 0.268 e. The van der Waals surface area contributed by atoms with E-state index in [0.717, 1.165) is 37.7 Å². The maximum absolute atomic E-state index is 13.0. The smallest absolute Gasteiger partial charge is 0.268 e. The Labute approximate surface area is 175 Å². The van der Waals surface area contributed by atoms with Crippen LogP contribution < -0.4 is 20.2 Å². The van der Waals surface area contributed by atoms with Crippen LogP contribution >= 0.6 is 11.3 Å². The SMILES string of the molecule is COc1ccc(C(=O)Nc2sc3c(c2C(=O)NN(C)C)CCCCC3)c(OC)c1. The van der Waals surface area contributed by atoms with E-state index in [-0.39, 0.29) is 11.8 Å². The van der Waals surface area contributed by atoms with Gasteiger partial charge in [0.1, 0.15) is 16.5 Å². The topological polar surface area (TPSA) is 79.9 Å². The zero-order valence-electron chi connectivity index (χ0n) is 17.3. The molecule has 8 heteroatoms. The molecule has 0 saturated carbocycles. The van der Waals surface area contributed by atoms with Crippen molar-refractivity contribution in [3.05, 3.63) is 39.8 Å². The molecule has 0 aliphatic heterocycles. The van der Waals surface area contributed by atoms with Crippen molar-refractivity contribution in [2.75, 3.05) is 33.6 Å². The Morgan fingerprint density at radius 3 is 2.48 bits per heavy atom. The van der Waals surface area contributed by atoms with Gasteiger partial charge >= 0.3 is 0 Å². The van der Waals surface area contributed by atoms with Crippen LogP contribution in [-0.4, -0.2) is 45.1 Å². The van der Waals surface area contributed by atoms with Crippen LogP contribution in [-0.2, 0) is 12.8 Å². The Bertz CT molecular complexity index is 908. The number of thiophene rings is 1. The molecular weight excluding hydrogens is 390 g/mol. The van der Waals surface area contributed by atoms with E-state index in [1.807, 2.05) is 0 Å². The molecule has 2 N–H and O–H groups in total. The number of amides is 2. The van der Waals surface area contributed by atoms with Gasteiger partial charge in [0.25, 0.3) is 11.8 Å². The molecule has 0 unspecified atom stereocenters. The monoisotopic (exact) mass is 417 g/mol. The number of hydrogen-bond acceptors (Lipinski definition) is 6. The lowest BCUT2D eigenvalue weighted by Crippen LogP contribution is -2.36. The van der Waals surface area contributed by atoms with Crippen molar-refractivity contribution in [3.8, 4) is 11.5 Å². The number of hydrazine groups is 1. The van der Waals surface area contributed by atoms with Crippen LogP contribution in [0.1, 0.15) is 50.4 Å². The summed E-state index contributed by atoms with van der Waals surface area (Å²) < 4.78 is 10.5.